The van der Waals surface area contributed by atoms with Gasteiger partial charge in [-0.25, -0.2) is 9.78 Å². The van der Waals surface area contributed by atoms with Crippen LogP contribution in [0, 0.1) is 0 Å². The number of rotatable bonds is 4. The Hall–Kier alpha value is -0.940. The zero-order chi connectivity index (χ0) is 10.6. The Morgan fingerprint density at radius 2 is 2.36 bits per heavy atom. The van der Waals surface area contributed by atoms with E-state index in [4.69, 9.17) is 4.74 Å². The summed E-state index contributed by atoms with van der Waals surface area (Å²) < 4.78 is 9.57. The maximum Gasteiger partial charge on any atom is 0.357 e. The number of esters is 1. The zero-order valence-electron chi connectivity index (χ0n) is 8.44. The van der Waals surface area contributed by atoms with Gasteiger partial charge in [-0.05, 0) is 0 Å². The van der Waals surface area contributed by atoms with Gasteiger partial charge in [-0.2, -0.15) is 0 Å². The molecule has 0 bridgehead atoms. The van der Waals surface area contributed by atoms with E-state index in [1.165, 1.54) is 18.4 Å². The average Bonchev–Trinajstić information content (AvgIpc) is 2.66. The molecule has 14 heavy (non-hydrogen) atoms. The van der Waals surface area contributed by atoms with Crippen LogP contribution in [-0.4, -0.2) is 31.8 Å². The molecular weight excluding hydrogens is 202 g/mol. The van der Waals surface area contributed by atoms with Crippen molar-refractivity contribution < 1.29 is 14.3 Å². The molecule has 0 saturated carbocycles. The highest BCUT2D eigenvalue weighted by Crippen LogP contribution is 2.20. The van der Waals surface area contributed by atoms with Crippen molar-refractivity contribution >= 4 is 17.3 Å². The van der Waals surface area contributed by atoms with Gasteiger partial charge in [0.15, 0.2) is 5.69 Å². The molecule has 1 rings (SSSR count). The summed E-state index contributed by atoms with van der Waals surface area (Å²) in [6.45, 7) is 2.61. The van der Waals surface area contributed by atoms with E-state index in [0.29, 0.717) is 12.3 Å². The lowest BCUT2D eigenvalue weighted by Gasteiger charge is -2.04. The molecule has 0 aliphatic heterocycles. The van der Waals surface area contributed by atoms with Gasteiger partial charge in [-0.3, -0.25) is 0 Å². The van der Waals surface area contributed by atoms with Crippen molar-refractivity contribution in [2.24, 2.45) is 0 Å². The second kappa shape index (κ2) is 5.07. The monoisotopic (exact) mass is 215 g/mol. The molecule has 5 heteroatoms. The molecule has 1 unspecified atom stereocenters. The van der Waals surface area contributed by atoms with E-state index < -0.39 is 5.97 Å². The van der Waals surface area contributed by atoms with Crippen LogP contribution < -0.4 is 0 Å². The fraction of sp³-hybridized carbons (Fsp3) is 0.556. The van der Waals surface area contributed by atoms with Crippen LogP contribution in [-0.2, 0) is 9.47 Å². The van der Waals surface area contributed by atoms with E-state index in [1.807, 2.05) is 6.92 Å². The van der Waals surface area contributed by atoms with E-state index >= 15 is 0 Å². The number of carbonyl (C=O) groups is 1. The molecule has 1 aromatic rings. The van der Waals surface area contributed by atoms with E-state index in [1.54, 1.807) is 12.5 Å². The molecule has 0 aliphatic rings. The van der Waals surface area contributed by atoms with E-state index in [0.717, 1.165) is 5.01 Å². The Balaban J connectivity index is 2.72. The summed E-state index contributed by atoms with van der Waals surface area (Å²) in [5.74, 6) is -0.180. The van der Waals surface area contributed by atoms with Crippen LogP contribution in [0.1, 0.15) is 28.3 Å². The number of ether oxygens (including phenoxy) is 2. The predicted octanol–water partition coefficient (Wildman–Crippen LogP) is 1.68. The normalized spacial score (nSPS) is 12.5. The highest BCUT2D eigenvalue weighted by Gasteiger charge is 2.14. The number of hydrogen-bond donors (Lipinski definition) is 0. The highest BCUT2D eigenvalue weighted by atomic mass is 32.1. The molecule has 4 nitrogen and oxygen atoms in total. The van der Waals surface area contributed by atoms with Crippen LogP contribution in [0.2, 0.25) is 0 Å². The molecule has 1 heterocycles. The van der Waals surface area contributed by atoms with Crippen molar-refractivity contribution in [2.45, 2.75) is 12.8 Å². The van der Waals surface area contributed by atoms with Gasteiger partial charge in [0, 0.05) is 18.4 Å². The van der Waals surface area contributed by atoms with Crippen LogP contribution in [0.3, 0.4) is 0 Å². The molecule has 0 amide bonds. The number of hydrogen-bond acceptors (Lipinski definition) is 5. The Kier molecular flexibility index (Phi) is 4.03. The minimum Gasteiger partial charge on any atom is -0.464 e. The molecule has 0 spiro atoms. The van der Waals surface area contributed by atoms with Crippen molar-refractivity contribution in [3.8, 4) is 0 Å². The summed E-state index contributed by atoms with van der Waals surface area (Å²) in [6, 6.07) is 0. The fourth-order valence-electron chi connectivity index (χ4n) is 1.03. The van der Waals surface area contributed by atoms with Gasteiger partial charge in [0.05, 0.1) is 18.7 Å². The second-order valence-electron chi connectivity index (χ2n) is 2.92. The molecular formula is C9H13NO3S. The average molecular weight is 215 g/mol. The van der Waals surface area contributed by atoms with Crippen molar-refractivity contribution in [3.05, 3.63) is 16.1 Å². The number of thiazole rings is 1. The van der Waals surface area contributed by atoms with Crippen LogP contribution in [0.25, 0.3) is 0 Å². The summed E-state index contributed by atoms with van der Waals surface area (Å²) in [5, 5.41) is 2.60. The first-order valence-corrected chi connectivity index (χ1v) is 5.09. The standard InChI is InChI=1S/C9H13NO3S/c1-6(4-12-2)8-10-7(5-14-8)9(11)13-3/h5-6H,4H2,1-3H3. The molecule has 0 N–H and O–H groups in total. The highest BCUT2D eigenvalue weighted by molar-refractivity contribution is 7.09. The second-order valence-corrected chi connectivity index (χ2v) is 3.81. The molecule has 78 valence electrons. The molecule has 1 aromatic heterocycles. The third-order valence-electron chi connectivity index (χ3n) is 1.75. The van der Waals surface area contributed by atoms with Gasteiger partial charge in [-0.1, -0.05) is 6.92 Å². The van der Waals surface area contributed by atoms with Gasteiger partial charge in [0.1, 0.15) is 0 Å². The van der Waals surface area contributed by atoms with E-state index in [9.17, 15) is 4.79 Å². The fourth-order valence-corrected chi connectivity index (χ4v) is 1.87. The van der Waals surface area contributed by atoms with E-state index in [2.05, 4.69) is 9.72 Å². The number of carbonyl (C=O) groups excluding carboxylic acids is 1. The van der Waals surface area contributed by atoms with E-state index in [-0.39, 0.29) is 5.92 Å². The molecule has 0 aliphatic carbocycles. The van der Waals surface area contributed by atoms with Crippen LogP contribution in [0.4, 0.5) is 0 Å². The lowest BCUT2D eigenvalue weighted by atomic mass is 10.2. The lowest BCUT2D eigenvalue weighted by molar-refractivity contribution is 0.0594. The van der Waals surface area contributed by atoms with Crippen LogP contribution >= 0.6 is 11.3 Å². The Labute approximate surface area is 86.9 Å². The van der Waals surface area contributed by atoms with Crippen molar-refractivity contribution in [3.63, 3.8) is 0 Å². The molecule has 0 radical (unpaired) electrons. The van der Waals surface area contributed by atoms with Gasteiger partial charge in [0.2, 0.25) is 0 Å². The van der Waals surface area contributed by atoms with Gasteiger partial charge >= 0.3 is 5.97 Å². The van der Waals surface area contributed by atoms with Crippen molar-refractivity contribution in [1.29, 1.82) is 0 Å². The SMILES string of the molecule is COCC(C)c1nc(C(=O)OC)cs1. The Morgan fingerprint density at radius 3 is 2.93 bits per heavy atom. The number of nitrogens with zero attached hydrogens (tertiary/aromatic N) is 1. The third-order valence-corrected chi connectivity index (χ3v) is 2.83. The molecule has 0 saturated heterocycles. The first-order chi connectivity index (χ1) is 6.69. The summed E-state index contributed by atoms with van der Waals surface area (Å²) in [7, 11) is 2.99. The first kappa shape index (κ1) is 11.1. The van der Waals surface area contributed by atoms with Gasteiger partial charge in [0.25, 0.3) is 0 Å². The first-order valence-electron chi connectivity index (χ1n) is 4.21. The minimum atomic E-state index is -0.392. The summed E-state index contributed by atoms with van der Waals surface area (Å²) >= 11 is 1.45. The number of aromatic nitrogens is 1. The maximum absolute atomic E-state index is 11.1. The smallest absolute Gasteiger partial charge is 0.357 e. The van der Waals surface area contributed by atoms with Crippen molar-refractivity contribution in [2.75, 3.05) is 20.8 Å². The number of methoxy groups -OCH3 is 2. The largest absolute Gasteiger partial charge is 0.464 e. The van der Waals surface area contributed by atoms with Crippen molar-refractivity contribution in [1.82, 2.24) is 4.98 Å². The summed E-state index contributed by atoms with van der Waals surface area (Å²) in [6.07, 6.45) is 0. The predicted molar refractivity (Wildman–Crippen MR) is 53.7 cm³/mol. The third kappa shape index (κ3) is 2.52. The quantitative estimate of drug-likeness (QED) is 0.717. The summed E-state index contributed by atoms with van der Waals surface area (Å²) in [5.41, 5.74) is 0.371. The lowest BCUT2D eigenvalue weighted by Crippen LogP contribution is -2.04. The topological polar surface area (TPSA) is 48.4 Å². The Bertz CT molecular complexity index is 311. The Morgan fingerprint density at radius 1 is 1.64 bits per heavy atom. The molecule has 1 atom stereocenters. The zero-order valence-corrected chi connectivity index (χ0v) is 9.26. The maximum atomic E-state index is 11.1. The van der Waals surface area contributed by atoms with Crippen LogP contribution in [0.5, 0.6) is 0 Å². The minimum absolute atomic E-state index is 0.211. The molecule has 0 aromatic carbocycles. The van der Waals surface area contributed by atoms with Crippen LogP contribution in [0.15, 0.2) is 5.38 Å². The molecule has 0 fully saturated rings. The summed E-state index contributed by atoms with van der Waals surface area (Å²) in [4.78, 5) is 15.3. The van der Waals surface area contributed by atoms with Gasteiger partial charge in [-0.15, -0.1) is 11.3 Å². The van der Waals surface area contributed by atoms with Gasteiger partial charge < -0.3 is 9.47 Å².